The van der Waals surface area contributed by atoms with Crippen molar-refractivity contribution in [2.75, 3.05) is 5.32 Å². The Kier molecular flexibility index (Phi) is 6.18. The first kappa shape index (κ1) is 19.4. The Labute approximate surface area is 165 Å². The number of aryl methyl sites for hydroxylation is 3. The summed E-state index contributed by atoms with van der Waals surface area (Å²) in [6.07, 6.45) is 4.92. The largest absolute Gasteiger partial charge is 0.325 e. The van der Waals surface area contributed by atoms with Gasteiger partial charge in [0.15, 0.2) is 0 Å². The van der Waals surface area contributed by atoms with E-state index in [1.807, 2.05) is 45.0 Å². The smallest absolute Gasteiger partial charge is 0.237 e. The highest BCUT2D eigenvalue weighted by atomic mass is 32.2. The maximum atomic E-state index is 12.9. The Morgan fingerprint density at radius 2 is 2.11 bits per heavy atom. The Morgan fingerprint density at radius 3 is 2.85 bits per heavy atom. The van der Waals surface area contributed by atoms with Gasteiger partial charge in [-0.15, -0.1) is 0 Å². The molecule has 1 unspecified atom stereocenters. The molecule has 1 aromatic heterocycles. The highest BCUT2D eigenvalue weighted by Gasteiger charge is 2.23. The maximum absolute atomic E-state index is 12.9. The van der Waals surface area contributed by atoms with Crippen LogP contribution in [0.25, 0.3) is 0 Å². The first-order valence-corrected chi connectivity index (χ1v) is 10.4. The predicted molar refractivity (Wildman–Crippen MR) is 110 cm³/mol. The van der Waals surface area contributed by atoms with Crippen LogP contribution in [0.15, 0.2) is 29.3 Å². The molecule has 140 valence electrons. The van der Waals surface area contributed by atoms with E-state index in [4.69, 9.17) is 4.98 Å². The number of hydrogen-bond acceptors (Lipinski definition) is 4. The third-order valence-electron chi connectivity index (χ3n) is 5.17. The number of aromatic nitrogens is 1. The number of pyridine rings is 1. The van der Waals surface area contributed by atoms with Crippen molar-refractivity contribution in [2.24, 2.45) is 0 Å². The van der Waals surface area contributed by atoms with E-state index in [1.165, 1.54) is 17.3 Å². The summed E-state index contributed by atoms with van der Waals surface area (Å²) in [4.78, 5) is 17.6. The number of thioether (sulfide) groups is 1. The van der Waals surface area contributed by atoms with Crippen molar-refractivity contribution in [3.63, 3.8) is 0 Å². The first-order chi connectivity index (χ1) is 13.0. The normalized spacial score (nSPS) is 14.1. The molecule has 0 radical (unpaired) electrons. The molecule has 0 bridgehead atoms. The number of nitrogens with one attached hydrogen (secondary N) is 1. The second-order valence-electron chi connectivity index (χ2n) is 7.02. The van der Waals surface area contributed by atoms with E-state index < -0.39 is 0 Å². The molecule has 0 saturated heterocycles. The minimum Gasteiger partial charge on any atom is -0.325 e. The Bertz CT molecular complexity index is 901. The van der Waals surface area contributed by atoms with E-state index in [9.17, 15) is 10.1 Å². The second-order valence-corrected chi connectivity index (χ2v) is 8.21. The highest BCUT2D eigenvalue weighted by Crippen LogP contribution is 2.31. The molecular weight excluding hydrogens is 354 g/mol. The molecule has 4 nitrogen and oxygen atoms in total. The van der Waals surface area contributed by atoms with Crippen molar-refractivity contribution < 1.29 is 4.79 Å². The third-order valence-corrected chi connectivity index (χ3v) is 6.53. The fourth-order valence-electron chi connectivity index (χ4n) is 3.34. The summed E-state index contributed by atoms with van der Waals surface area (Å²) in [7, 11) is 0. The van der Waals surface area contributed by atoms with Crippen molar-refractivity contribution >= 4 is 23.4 Å². The number of anilines is 1. The Morgan fingerprint density at radius 1 is 1.33 bits per heavy atom. The maximum Gasteiger partial charge on any atom is 0.237 e. The van der Waals surface area contributed by atoms with Gasteiger partial charge in [0.05, 0.1) is 10.8 Å². The van der Waals surface area contributed by atoms with Crippen molar-refractivity contribution in [3.05, 3.63) is 52.2 Å². The number of carbonyl (C=O) groups excluding carboxylic acids is 1. The summed E-state index contributed by atoms with van der Waals surface area (Å²) < 4.78 is 0. The van der Waals surface area contributed by atoms with Gasteiger partial charge in [0, 0.05) is 11.4 Å². The summed E-state index contributed by atoms with van der Waals surface area (Å²) in [5, 5.41) is 13.0. The number of amides is 1. The lowest BCUT2D eigenvalue weighted by molar-refractivity contribution is -0.115. The zero-order valence-electron chi connectivity index (χ0n) is 16.1. The summed E-state index contributed by atoms with van der Waals surface area (Å²) in [5.74, 6) is -0.0420. The number of nitriles is 1. The van der Waals surface area contributed by atoms with Gasteiger partial charge in [-0.25, -0.2) is 4.98 Å². The predicted octanol–water partition coefficient (Wildman–Crippen LogP) is 4.96. The van der Waals surface area contributed by atoms with E-state index >= 15 is 0 Å². The number of rotatable bonds is 5. The van der Waals surface area contributed by atoms with E-state index in [2.05, 4.69) is 11.4 Å². The molecule has 27 heavy (non-hydrogen) atoms. The number of nitrogens with zero attached hydrogens (tertiary/aromatic N) is 2. The molecule has 1 heterocycles. The molecule has 1 amide bonds. The standard InChI is InChI=1S/C22H25N3OS/c1-4-20(21(26)24-18-11-7-8-14(2)15(18)3)27-22-17(13-23)12-16-9-5-6-10-19(16)25-22/h7-8,11-12,20H,4-6,9-10H2,1-3H3,(H,24,26). The van der Waals surface area contributed by atoms with Crippen LogP contribution < -0.4 is 5.32 Å². The van der Waals surface area contributed by atoms with Crippen LogP contribution in [0.2, 0.25) is 0 Å². The summed E-state index contributed by atoms with van der Waals surface area (Å²) in [6, 6.07) is 10.1. The molecule has 1 N–H and O–H groups in total. The number of benzene rings is 1. The molecule has 2 aromatic rings. The van der Waals surface area contributed by atoms with Crippen LogP contribution >= 0.6 is 11.8 Å². The zero-order valence-corrected chi connectivity index (χ0v) is 16.9. The van der Waals surface area contributed by atoms with Gasteiger partial charge < -0.3 is 5.32 Å². The van der Waals surface area contributed by atoms with Gasteiger partial charge in [0.2, 0.25) is 5.91 Å². The fraction of sp³-hybridized carbons (Fsp3) is 0.409. The quantitative estimate of drug-likeness (QED) is 0.746. The molecule has 1 aliphatic rings. The molecule has 1 atom stereocenters. The topological polar surface area (TPSA) is 65.8 Å². The number of hydrogen-bond donors (Lipinski definition) is 1. The van der Waals surface area contributed by atoms with Gasteiger partial charge in [0.1, 0.15) is 11.1 Å². The van der Waals surface area contributed by atoms with Crippen LogP contribution in [0.3, 0.4) is 0 Å². The molecule has 0 spiro atoms. The Hall–Kier alpha value is -2.32. The fourth-order valence-corrected chi connectivity index (χ4v) is 4.34. The van der Waals surface area contributed by atoms with Gasteiger partial charge in [-0.3, -0.25) is 4.79 Å². The van der Waals surface area contributed by atoms with Crippen molar-refractivity contribution in [3.8, 4) is 6.07 Å². The molecular formula is C22H25N3OS. The third kappa shape index (κ3) is 4.33. The average Bonchev–Trinajstić information content (AvgIpc) is 2.68. The first-order valence-electron chi connectivity index (χ1n) is 9.50. The van der Waals surface area contributed by atoms with Crippen LogP contribution in [0.1, 0.15) is 54.1 Å². The van der Waals surface area contributed by atoms with E-state index in [-0.39, 0.29) is 11.2 Å². The molecule has 0 saturated carbocycles. The zero-order chi connectivity index (χ0) is 19.4. The molecule has 5 heteroatoms. The summed E-state index contributed by atoms with van der Waals surface area (Å²) in [5.41, 5.74) is 5.94. The lowest BCUT2D eigenvalue weighted by atomic mass is 9.95. The number of fused-ring (bicyclic) bond motifs is 1. The van der Waals surface area contributed by atoms with Crippen LogP contribution in [-0.4, -0.2) is 16.1 Å². The van der Waals surface area contributed by atoms with Crippen molar-refractivity contribution in [1.82, 2.24) is 4.98 Å². The second kappa shape index (κ2) is 8.58. The van der Waals surface area contributed by atoms with Gasteiger partial charge >= 0.3 is 0 Å². The van der Waals surface area contributed by atoms with Gasteiger partial charge in [-0.05, 0) is 74.8 Å². The lowest BCUT2D eigenvalue weighted by Gasteiger charge is -2.19. The highest BCUT2D eigenvalue weighted by molar-refractivity contribution is 8.00. The van der Waals surface area contributed by atoms with Gasteiger partial charge in [-0.1, -0.05) is 30.8 Å². The van der Waals surface area contributed by atoms with Crippen LogP contribution in [-0.2, 0) is 17.6 Å². The minimum absolute atomic E-state index is 0.0420. The van der Waals surface area contributed by atoms with Crippen molar-refractivity contribution in [1.29, 1.82) is 5.26 Å². The Balaban J connectivity index is 1.81. The summed E-state index contributed by atoms with van der Waals surface area (Å²) in [6.45, 7) is 6.04. The molecule has 0 fully saturated rings. The lowest BCUT2D eigenvalue weighted by Crippen LogP contribution is -2.25. The van der Waals surface area contributed by atoms with Gasteiger partial charge in [0.25, 0.3) is 0 Å². The monoisotopic (exact) mass is 379 g/mol. The molecule has 3 rings (SSSR count). The van der Waals surface area contributed by atoms with E-state index in [1.54, 1.807) is 0 Å². The van der Waals surface area contributed by atoms with Crippen LogP contribution in [0, 0.1) is 25.2 Å². The minimum atomic E-state index is -0.286. The van der Waals surface area contributed by atoms with Crippen molar-refractivity contribution in [2.45, 2.75) is 63.2 Å². The van der Waals surface area contributed by atoms with Crippen LogP contribution in [0.5, 0.6) is 0 Å². The van der Waals surface area contributed by atoms with Crippen LogP contribution in [0.4, 0.5) is 5.69 Å². The summed E-state index contributed by atoms with van der Waals surface area (Å²) >= 11 is 1.40. The average molecular weight is 380 g/mol. The molecule has 0 aliphatic heterocycles. The van der Waals surface area contributed by atoms with Gasteiger partial charge in [-0.2, -0.15) is 5.26 Å². The van der Waals surface area contributed by atoms with E-state index in [0.29, 0.717) is 17.0 Å². The SMILES string of the molecule is CCC(Sc1nc2c(cc1C#N)CCCC2)C(=O)Nc1cccc(C)c1C. The number of carbonyl (C=O) groups is 1. The molecule has 1 aromatic carbocycles. The molecule has 1 aliphatic carbocycles. The van der Waals surface area contributed by atoms with E-state index in [0.717, 1.165) is 48.2 Å².